The first kappa shape index (κ1) is 17.6. The quantitative estimate of drug-likeness (QED) is 0.736. The molecular formula is C23H28N4O. The molecule has 1 saturated heterocycles. The van der Waals surface area contributed by atoms with E-state index in [4.69, 9.17) is 0 Å². The fourth-order valence-corrected chi connectivity index (χ4v) is 4.90. The van der Waals surface area contributed by atoms with Crippen LogP contribution in [0.2, 0.25) is 0 Å². The Labute approximate surface area is 165 Å². The second-order valence-corrected chi connectivity index (χ2v) is 8.32. The van der Waals surface area contributed by atoms with Crippen molar-refractivity contribution in [3.05, 3.63) is 51.9 Å². The Morgan fingerprint density at radius 2 is 1.86 bits per heavy atom. The Kier molecular flexibility index (Phi) is 4.27. The van der Waals surface area contributed by atoms with Crippen LogP contribution in [-0.2, 0) is 13.0 Å². The summed E-state index contributed by atoms with van der Waals surface area (Å²) in [6.07, 6.45) is 2.03. The maximum Gasteiger partial charge on any atom is 0.250 e. The Balaban J connectivity index is 1.69. The zero-order valence-electron chi connectivity index (χ0n) is 16.7. The molecule has 2 aromatic heterocycles. The van der Waals surface area contributed by atoms with Crippen molar-refractivity contribution < 1.29 is 0 Å². The van der Waals surface area contributed by atoms with Crippen molar-refractivity contribution in [2.45, 2.75) is 39.2 Å². The smallest absolute Gasteiger partial charge is 0.250 e. The van der Waals surface area contributed by atoms with Gasteiger partial charge in [-0.3, -0.25) is 4.79 Å². The van der Waals surface area contributed by atoms with Crippen LogP contribution in [0.4, 0.5) is 5.69 Å². The van der Waals surface area contributed by atoms with Crippen molar-refractivity contribution in [2.24, 2.45) is 0 Å². The molecule has 1 aromatic carbocycles. The predicted octanol–water partition coefficient (Wildman–Crippen LogP) is 3.48. The third-order valence-corrected chi connectivity index (χ3v) is 6.24. The number of rotatable bonds is 3. The van der Waals surface area contributed by atoms with Gasteiger partial charge < -0.3 is 19.8 Å². The average Bonchev–Trinajstić information content (AvgIpc) is 3.34. The van der Waals surface area contributed by atoms with Crippen molar-refractivity contribution >= 4 is 16.6 Å². The van der Waals surface area contributed by atoms with Crippen LogP contribution in [0.1, 0.15) is 37.4 Å². The number of aromatic amines is 1. The highest BCUT2D eigenvalue weighted by molar-refractivity contribution is 5.94. The number of piperazine rings is 1. The second-order valence-electron chi connectivity index (χ2n) is 8.32. The van der Waals surface area contributed by atoms with Gasteiger partial charge in [-0.1, -0.05) is 13.8 Å². The largest absolute Gasteiger partial charge is 0.369 e. The van der Waals surface area contributed by atoms with Crippen LogP contribution >= 0.6 is 0 Å². The van der Waals surface area contributed by atoms with Gasteiger partial charge >= 0.3 is 0 Å². The number of hydrogen-bond donors (Lipinski definition) is 2. The monoisotopic (exact) mass is 376 g/mol. The molecule has 146 valence electrons. The minimum Gasteiger partial charge on any atom is -0.369 e. The summed E-state index contributed by atoms with van der Waals surface area (Å²) in [5, 5.41) is 4.74. The van der Waals surface area contributed by atoms with E-state index in [1.807, 2.05) is 10.6 Å². The molecule has 0 amide bonds. The summed E-state index contributed by atoms with van der Waals surface area (Å²) in [4.78, 5) is 18.4. The molecule has 0 aliphatic carbocycles. The van der Waals surface area contributed by atoms with Crippen LogP contribution in [0.15, 0.2) is 35.1 Å². The summed E-state index contributed by atoms with van der Waals surface area (Å²) in [7, 11) is 0. The molecule has 2 aliphatic heterocycles. The molecule has 0 atom stereocenters. The summed E-state index contributed by atoms with van der Waals surface area (Å²) < 4.78 is 1.96. The normalized spacial score (nSPS) is 16.9. The van der Waals surface area contributed by atoms with Crippen molar-refractivity contribution in [1.29, 1.82) is 0 Å². The SMILES string of the molecule is CC(C)c1c(-c2ccc(=O)n3c2CCC3)[nH]c2ccc(N3CCNCC3)cc12. The molecule has 0 radical (unpaired) electrons. The zero-order chi connectivity index (χ0) is 19.3. The van der Waals surface area contributed by atoms with Crippen molar-refractivity contribution in [2.75, 3.05) is 31.1 Å². The molecule has 3 aromatic rings. The van der Waals surface area contributed by atoms with E-state index in [1.165, 1.54) is 39.1 Å². The van der Waals surface area contributed by atoms with E-state index in [0.29, 0.717) is 5.92 Å². The minimum atomic E-state index is 0.124. The Bertz CT molecular complexity index is 1090. The number of hydrogen-bond acceptors (Lipinski definition) is 3. The van der Waals surface area contributed by atoms with Gasteiger partial charge in [0.25, 0.3) is 5.56 Å². The molecule has 1 fully saturated rings. The molecule has 0 spiro atoms. The lowest BCUT2D eigenvalue weighted by molar-refractivity contribution is 0.589. The predicted molar refractivity (Wildman–Crippen MR) is 115 cm³/mol. The summed E-state index contributed by atoms with van der Waals surface area (Å²) in [6.45, 7) is 9.55. The summed E-state index contributed by atoms with van der Waals surface area (Å²) in [5.41, 5.74) is 7.54. The van der Waals surface area contributed by atoms with E-state index in [9.17, 15) is 4.79 Å². The fourth-order valence-electron chi connectivity index (χ4n) is 4.90. The highest BCUT2D eigenvalue weighted by Gasteiger charge is 2.23. The van der Waals surface area contributed by atoms with Gasteiger partial charge in [-0.25, -0.2) is 0 Å². The number of pyridine rings is 1. The van der Waals surface area contributed by atoms with Crippen LogP contribution < -0.4 is 15.8 Å². The van der Waals surface area contributed by atoms with Gasteiger partial charge in [-0.2, -0.15) is 0 Å². The summed E-state index contributed by atoms with van der Waals surface area (Å²) in [6, 6.07) is 10.6. The molecule has 2 N–H and O–H groups in total. The van der Waals surface area contributed by atoms with Gasteiger partial charge in [-0.05, 0) is 48.6 Å². The molecule has 5 rings (SSSR count). The zero-order valence-corrected chi connectivity index (χ0v) is 16.7. The number of aromatic nitrogens is 2. The molecule has 0 unspecified atom stereocenters. The highest BCUT2D eigenvalue weighted by atomic mass is 16.1. The van der Waals surface area contributed by atoms with Gasteiger partial charge in [0.2, 0.25) is 0 Å². The van der Waals surface area contributed by atoms with Crippen LogP contribution in [0.25, 0.3) is 22.2 Å². The topological polar surface area (TPSA) is 53.1 Å². The van der Waals surface area contributed by atoms with Crippen LogP contribution in [0.5, 0.6) is 0 Å². The van der Waals surface area contributed by atoms with E-state index in [2.05, 4.69) is 47.2 Å². The first-order valence-electron chi connectivity index (χ1n) is 10.5. The maximum absolute atomic E-state index is 12.2. The Hall–Kier alpha value is -2.53. The number of anilines is 1. The molecule has 2 aliphatic rings. The lowest BCUT2D eigenvalue weighted by atomic mass is 9.95. The number of benzene rings is 1. The molecule has 28 heavy (non-hydrogen) atoms. The van der Waals surface area contributed by atoms with Gasteiger partial charge in [-0.15, -0.1) is 0 Å². The van der Waals surface area contributed by atoms with Crippen molar-refractivity contribution in [1.82, 2.24) is 14.9 Å². The van der Waals surface area contributed by atoms with E-state index < -0.39 is 0 Å². The van der Waals surface area contributed by atoms with E-state index >= 15 is 0 Å². The van der Waals surface area contributed by atoms with Gasteiger partial charge in [0.1, 0.15) is 0 Å². The number of nitrogens with one attached hydrogen (secondary N) is 2. The first-order valence-corrected chi connectivity index (χ1v) is 10.5. The maximum atomic E-state index is 12.2. The first-order chi connectivity index (χ1) is 13.6. The lowest BCUT2D eigenvalue weighted by Crippen LogP contribution is -2.43. The Morgan fingerprint density at radius 1 is 1.04 bits per heavy atom. The van der Waals surface area contributed by atoms with E-state index in [1.54, 1.807) is 6.07 Å². The third-order valence-electron chi connectivity index (χ3n) is 6.24. The fraction of sp³-hybridized carbons (Fsp3) is 0.435. The lowest BCUT2D eigenvalue weighted by Gasteiger charge is -2.29. The Morgan fingerprint density at radius 3 is 2.64 bits per heavy atom. The molecule has 5 heteroatoms. The molecular weight excluding hydrogens is 348 g/mol. The molecule has 0 saturated carbocycles. The third kappa shape index (κ3) is 2.76. The van der Waals surface area contributed by atoms with Gasteiger partial charge in [0, 0.05) is 66.6 Å². The number of nitrogens with zero attached hydrogens (tertiary/aromatic N) is 2. The highest BCUT2D eigenvalue weighted by Crippen LogP contribution is 2.39. The standard InChI is InChI=1S/C23H28N4O/c1-15(2)22-18-14-16(26-12-9-24-10-13-26)5-7-19(18)25-23(22)17-6-8-21(28)27-11-3-4-20(17)27/h5-8,14-15,24-25H,3-4,9-13H2,1-2H3. The van der Waals surface area contributed by atoms with E-state index in [0.717, 1.165) is 45.6 Å². The summed E-state index contributed by atoms with van der Waals surface area (Å²) >= 11 is 0. The summed E-state index contributed by atoms with van der Waals surface area (Å²) in [5.74, 6) is 0.399. The van der Waals surface area contributed by atoms with E-state index in [-0.39, 0.29) is 5.56 Å². The molecule has 4 heterocycles. The van der Waals surface area contributed by atoms with Crippen LogP contribution in [-0.4, -0.2) is 35.7 Å². The minimum absolute atomic E-state index is 0.124. The number of H-pyrrole nitrogens is 1. The average molecular weight is 377 g/mol. The van der Waals surface area contributed by atoms with Crippen molar-refractivity contribution in [3.8, 4) is 11.3 Å². The van der Waals surface area contributed by atoms with Gasteiger partial charge in [0.05, 0.1) is 5.69 Å². The van der Waals surface area contributed by atoms with Gasteiger partial charge in [0.15, 0.2) is 0 Å². The molecule has 0 bridgehead atoms. The van der Waals surface area contributed by atoms with Crippen LogP contribution in [0.3, 0.4) is 0 Å². The van der Waals surface area contributed by atoms with Crippen LogP contribution in [0, 0.1) is 0 Å². The molecule has 5 nitrogen and oxygen atoms in total. The number of fused-ring (bicyclic) bond motifs is 2. The van der Waals surface area contributed by atoms with Crippen molar-refractivity contribution in [3.63, 3.8) is 0 Å². The second kappa shape index (κ2) is 6.82.